The molecule has 0 radical (unpaired) electrons. The fourth-order valence-electron chi connectivity index (χ4n) is 3.28. The molecule has 0 spiro atoms. The zero-order valence-electron chi connectivity index (χ0n) is 17.0. The summed E-state index contributed by atoms with van der Waals surface area (Å²) in [5.41, 5.74) is 1.81. The number of aromatic hydroxyl groups is 1. The number of amides is 1. The number of hydrogen-bond donors (Lipinski definition) is 4. The summed E-state index contributed by atoms with van der Waals surface area (Å²) < 4.78 is 10.7. The van der Waals surface area contributed by atoms with Crippen molar-refractivity contribution < 1.29 is 24.5 Å². The monoisotopic (exact) mass is 400 g/mol. The summed E-state index contributed by atoms with van der Waals surface area (Å²) in [6.45, 7) is 4.33. The van der Waals surface area contributed by atoms with Gasteiger partial charge in [-0.15, -0.1) is 0 Å². The predicted octanol–water partition coefficient (Wildman–Crippen LogP) is 2.77. The van der Waals surface area contributed by atoms with Crippen molar-refractivity contribution in [2.24, 2.45) is 0 Å². The van der Waals surface area contributed by atoms with Gasteiger partial charge in [-0.1, -0.05) is 12.1 Å². The van der Waals surface area contributed by atoms with Crippen LogP contribution >= 0.6 is 0 Å². The molecule has 0 saturated carbocycles. The number of anilines is 1. The molecule has 0 aliphatic carbocycles. The number of hydrogen-bond acceptors (Lipinski definition) is 6. The Morgan fingerprint density at radius 2 is 2.00 bits per heavy atom. The maximum Gasteiger partial charge on any atom is 0.262 e. The van der Waals surface area contributed by atoms with Crippen LogP contribution in [-0.2, 0) is 11.2 Å². The third-order valence-electron chi connectivity index (χ3n) is 5.05. The Morgan fingerprint density at radius 1 is 1.28 bits per heavy atom. The lowest BCUT2D eigenvalue weighted by atomic mass is 9.94. The second-order valence-corrected chi connectivity index (χ2v) is 7.88. The highest BCUT2D eigenvalue weighted by molar-refractivity contribution is 5.96. The Balaban J connectivity index is 1.60. The number of ether oxygens (including phenoxy) is 2. The standard InChI is InChI=1S/C22H28N2O5/c1-22(2,9-8-14-4-6-16(28-3)7-5-14)23-12-19(26)17-10-15(25)11-18-21(17)29-13-20(27)24-18/h4-7,10-11,19,23,25-26H,8-9,12-13H2,1-3H3,(H,24,27)/t19-/m0/s1. The van der Waals surface area contributed by atoms with Crippen LogP contribution < -0.4 is 20.1 Å². The topological polar surface area (TPSA) is 100 Å². The van der Waals surface area contributed by atoms with Gasteiger partial charge in [-0.2, -0.15) is 0 Å². The number of carbonyl (C=O) groups is 1. The molecule has 4 N–H and O–H groups in total. The van der Waals surface area contributed by atoms with Crippen molar-refractivity contribution in [3.8, 4) is 17.2 Å². The number of aliphatic hydroxyl groups excluding tert-OH is 1. The second kappa shape index (κ2) is 8.71. The van der Waals surface area contributed by atoms with E-state index in [0.717, 1.165) is 18.6 Å². The van der Waals surface area contributed by atoms with E-state index < -0.39 is 6.10 Å². The lowest BCUT2D eigenvalue weighted by Gasteiger charge is -2.29. The van der Waals surface area contributed by atoms with E-state index in [2.05, 4.69) is 36.6 Å². The molecule has 0 bridgehead atoms. The normalized spacial score (nSPS) is 14.6. The molecule has 29 heavy (non-hydrogen) atoms. The zero-order valence-corrected chi connectivity index (χ0v) is 17.0. The summed E-state index contributed by atoms with van der Waals surface area (Å²) >= 11 is 0. The van der Waals surface area contributed by atoms with E-state index >= 15 is 0 Å². The largest absolute Gasteiger partial charge is 0.508 e. The number of aryl methyl sites for hydroxylation is 1. The van der Waals surface area contributed by atoms with Gasteiger partial charge in [0.2, 0.25) is 0 Å². The molecule has 0 saturated heterocycles. The van der Waals surface area contributed by atoms with Gasteiger partial charge in [0.15, 0.2) is 6.61 Å². The lowest BCUT2D eigenvalue weighted by molar-refractivity contribution is -0.118. The molecular weight excluding hydrogens is 372 g/mol. The van der Waals surface area contributed by atoms with Gasteiger partial charge in [-0.3, -0.25) is 4.79 Å². The first-order chi connectivity index (χ1) is 13.8. The third kappa shape index (κ3) is 5.40. The number of methoxy groups -OCH3 is 1. The average molecular weight is 400 g/mol. The highest BCUT2D eigenvalue weighted by atomic mass is 16.5. The maximum atomic E-state index is 11.5. The molecule has 0 fully saturated rings. The smallest absolute Gasteiger partial charge is 0.262 e. The Labute approximate surface area is 170 Å². The number of nitrogens with one attached hydrogen (secondary N) is 2. The number of fused-ring (bicyclic) bond motifs is 1. The number of rotatable bonds is 8. The zero-order chi connectivity index (χ0) is 21.0. The van der Waals surface area contributed by atoms with Gasteiger partial charge in [0.1, 0.15) is 17.2 Å². The quantitative estimate of drug-likeness (QED) is 0.544. The minimum Gasteiger partial charge on any atom is -0.508 e. The Bertz CT molecular complexity index is 864. The predicted molar refractivity (Wildman–Crippen MR) is 111 cm³/mol. The second-order valence-electron chi connectivity index (χ2n) is 7.88. The van der Waals surface area contributed by atoms with Crippen LogP contribution in [0.3, 0.4) is 0 Å². The van der Waals surface area contributed by atoms with Gasteiger partial charge in [-0.05, 0) is 50.5 Å². The minimum absolute atomic E-state index is 0.0395. The summed E-state index contributed by atoms with van der Waals surface area (Å²) in [7, 11) is 1.65. The maximum absolute atomic E-state index is 11.5. The van der Waals surface area contributed by atoms with Gasteiger partial charge in [0.05, 0.1) is 18.9 Å². The highest BCUT2D eigenvalue weighted by Crippen LogP contribution is 2.38. The first-order valence-electron chi connectivity index (χ1n) is 9.63. The summed E-state index contributed by atoms with van der Waals surface area (Å²) in [5, 5.41) is 26.7. The van der Waals surface area contributed by atoms with Gasteiger partial charge in [0, 0.05) is 23.7 Å². The Hall–Kier alpha value is -2.77. The van der Waals surface area contributed by atoms with Crippen LogP contribution in [0.5, 0.6) is 17.2 Å². The number of β-amino-alcohol motifs (C(OH)–C–C–N with tert-alkyl or cyclic N) is 1. The lowest BCUT2D eigenvalue weighted by Crippen LogP contribution is -2.42. The molecular formula is C22H28N2O5. The molecule has 1 amide bonds. The van der Waals surface area contributed by atoms with Gasteiger partial charge < -0.3 is 30.3 Å². The first kappa shape index (κ1) is 21.0. The fourth-order valence-corrected chi connectivity index (χ4v) is 3.28. The van der Waals surface area contributed by atoms with Gasteiger partial charge >= 0.3 is 0 Å². The number of aliphatic hydroxyl groups is 1. The fraction of sp³-hybridized carbons (Fsp3) is 0.409. The van der Waals surface area contributed by atoms with Crippen molar-refractivity contribution in [1.29, 1.82) is 0 Å². The Morgan fingerprint density at radius 3 is 2.69 bits per heavy atom. The number of benzene rings is 2. The van der Waals surface area contributed by atoms with Crippen molar-refractivity contribution in [3.05, 3.63) is 47.5 Å². The van der Waals surface area contributed by atoms with E-state index in [-0.39, 0.29) is 30.3 Å². The summed E-state index contributed by atoms with van der Waals surface area (Å²) in [6, 6.07) is 10.9. The molecule has 0 aromatic heterocycles. The average Bonchev–Trinajstić information content (AvgIpc) is 2.70. The molecule has 1 aliphatic heterocycles. The number of carbonyl (C=O) groups excluding carboxylic acids is 1. The summed E-state index contributed by atoms with van der Waals surface area (Å²) in [5.74, 6) is 0.901. The van der Waals surface area contributed by atoms with Crippen LogP contribution in [0.15, 0.2) is 36.4 Å². The molecule has 1 atom stereocenters. The summed E-state index contributed by atoms with van der Waals surface area (Å²) in [4.78, 5) is 11.5. The van der Waals surface area contributed by atoms with Crippen LogP contribution in [0.2, 0.25) is 0 Å². The number of phenolic OH excluding ortho intramolecular Hbond substituents is 1. The van der Waals surface area contributed by atoms with E-state index in [1.807, 2.05) is 12.1 Å². The molecule has 7 nitrogen and oxygen atoms in total. The van der Waals surface area contributed by atoms with Gasteiger partial charge in [-0.25, -0.2) is 0 Å². The molecule has 3 rings (SSSR count). The van der Waals surface area contributed by atoms with Crippen molar-refractivity contribution in [2.75, 3.05) is 25.6 Å². The van der Waals surface area contributed by atoms with Crippen molar-refractivity contribution >= 4 is 11.6 Å². The van der Waals surface area contributed by atoms with E-state index in [9.17, 15) is 15.0 Å². The molecule has 2 aromatic carbocycles. The van der Waals surface area contributed by atoms with Gasteiger partial charge in [0.25, 0.3) is 5.91 Å². The van der Waals surface area contributed by atoms with Crippen molar-refractivity contribution in [2.45, 2.75) is 38.3 Å². The van der Waals surface area contributed by atoms with Crippen LogP contribution in [-0.4, -0.2) is 41.9 Å². The minimum atomic E-state index is -0.897. The van der Waals surface area contributed by atoms with E-state index in [1.165, 1.54) is 17.7 Å². The van der Waals surface area contributed by atoms with Crippen LogP contribution in [0.25, 0.3) is 0 Å². The molecule has 7 heteroatoms. The van der Waals surface area contributed by atoms with Crippen molar-refractivity contribution in [1.82, 2.24) is 5.32 Å². The van der Waals surface area contributed by atoms with Crippen LogP contribution in [0.4, 0.5) is 5.69 Å². The SMILES string of the molecule is COc1ccc(CCC(C)(C)NC[C@H](O)c2cc(O)cc3c2OCC(=O)N3)cc1. The van der Waals surface area contributed by atoms with Crippen molar-refractivity contribution in [3.63, 3.8) is 0 Å². The molecule has 1 aliphatic rings. The third-order valence-corrected chi connectivity index (χ3v) is 5.05. The molecule has 1 heterocycles. The summed E-state index contributed by atoms with van der Waals surface area (Å²) in [6.07, 6.45) is 0.860. The van der Waals surface area contributed by atoms with E-state index in [1.54, 1.807) is 7.11 Å². The van der Waals surface area contributed by atoms with E-state index in [0.29, 0.717) is 17.0 Å². The first-order valence-corrected chi connectivity index (χ1v) is 9.63. The van der Waals surface area contributed by atoms with Crippen LogP contribution in [0, 0.1) is 0 Å². The molecule has 156 valence electrons. The highest BCUT2D eigenvalue weighted by Gasteiger charge is 2.26. The Kier molecular flexibility index (Phi) is 6.30. The molecule has 0 unspecified atom stereocenters. The van der Waals surface area contributed by atoms with E-state index in [4.69, 9.17) is 9.47 Å². The van der Waals surface area contributed by atoms with Crippen LogP contribution in [0.1, 0.15) is 37.5 Å². The number of phenols is 1. The molecule has 2 aromatic rings.